The molecule has 0 aliphatic carbocycles. The Labute approximate surface area is 104 Å². The summed E-state index contributed by atoms with van der Waals surface area (Å²) < 4.78 is 13.1. The highest BCUT2D eigenvalue weighted by molar-refractivity contribution is 6.30. The summed E-state index contributed by atoms with van der Waals surface area (Å²) in [4.78, 5) is 4.04. The van der Waals surface area contributed by atoms with Crippen molar-refractivity contribution >= 4 is 28.7 Å². The molecule has 0 fully saturated rings. The quantitative estimate of drug-likeness (QED) is 0.874. The van der Waals surface area contributed by atoms with Gasteiger partial charge in [-0.3, -0.25) is 4.98 Å². The van der Waals surface area contributed by atoms with E-state index < -0.39 is 0 Å². The lowest BCUT2D eigenvalue weighted by atomic mass is 10.3. The lowest BCUT2D eigenvalue weighted by molar-refractivity contribution is 0.628. The van der Waals surface area contributed by atoms with Gasteiger partial charge in [-0.2, -0.15) is 0 Å². The van der Waals surface area contributed by atoms with Crippen molar-refractivity contribution in [3.63, 3.8) is 0 Å². The molecule has 2 N–H and O–H groups in total. The first-order chi connectivity index (χ1) is 8.17. The van der Waals surface area contributed by atoms with Gasteiger partial charge in [0.05, 0.1) is 23.8 Å². The molecule has 0 atom stereocenters. The summed E-state index contributed by atoms with van der Waals surface area (Å²) >= 11 is 5.77. The Hall–Kier alpha value is -1.81. The van der Waals surface area contributed by atoms with Gasteiger partial charge in [0.15, 0.2) is 0 Å². The Morgan fingerprint density at radius 1 is 1.06 bits per heavy atom. The van der Waals surface area contributed by atoms with Gasteiger partial charge in [0.1, 0.15) is 5.82 Å². The highest BCUT2D eigenvalue weighted by Gasteiger charge is 2.01. The smallest absolute Gasteiger partial charge is 0.126 e. The number of nitrogens with one attached hydrogen (secondary N) is 2. The number of aromatic nitrogens is 1. The van der Waals surface area contributed by atoms with Crippen LogP contribution in [0.1, 0.15) is 0 Å². The summed E-state index contributed by atoms with van der Waals surface area (Å²) in [5.74, 6) is -0.377. The predicted octanol–water partition coefficient (Wildman–Crippen LogP) is 3.66. The minimum absolute atomic E-state index is 0.352. The summed E-state index contributed by atoms with van der Waals surface area (Å²) in [7, 11) is 1.81. The molecule has 2 aromatic rings. The van der Waals surface area contributed by atoms with Gasteiger partial charge in [0, 0.05) is 17.8 Å². The Kier molecular flexibility index (Phi) is 3.44. The lowest BCUT2D eigenvalue weighted by Crippen LogP contribution is -1.94. The van der Waals surface area contributed by atoms with E-state index in [0.29, 0.717) is 10.7 Å². The zero-order chi connectivity index (χ0) is 12.3. The maximum absolute atomic E-state index is 13.1. The zero-order valence-corrected chi connectivity index (χ0v) is 9.92. The van der Waals surface area contributed by atoms with Gasteiger partial charge in [-0.1, -0.05) is 11.6 Å². The van der Waals surface area contributed by atoms with E-state index in [2.05, 4.69) is 15.6 Å². The molecule has 17 heavy (non-hydrogen) atoms. The van der Waals surface area contributed by atoms with Gasteiger partial charge in [-0.15, -0.1) is 0 Å². The fourth-order valence-electron chi connectivity index (χ4n) is 1.44. The van der Waals surface area contributed by atoms with Crippen molar-refractivity contribution < 1.29 is 4.39 Å². The van der Waals surface area contributed by atoms with Gasteiger partial charge < -0.3 is 10.6 Å². The first kappa shape index (κ1) is 11.7. The molecule has 0 aliphatic heterocycles. The van der Waals surface area contributed by atoms with Gasteiger partial charge in [-0.05, 0) is 24.3 Å². The lowest BCUT2D eigenvalue weighted by Gasteiger charge is -2.08. The molecule has 0 unspecified atom stereocenters. The van der Waals surface area contributed by atoms with Crippen LogP contribution >= 0.6 is 11.6 Å². The Balaban J connectivity index is 2.24. The molecular formula is C12H11ClFN3. The average molecular weight is 252 g/mol. The third-order valence-electron chi connectivity index (χ3n) is 2.18. The number of hydrogen-bond acceptors (Lipinski definition) is 3. The third-order valence-corrected chi connectivity index (χ3v) is 2.40. The maximum atomic E-state index is 13.1. The normalized spacial score (nSPS) is 10.1. The van der Waals surface area contributed by atoms with Crippen molar-refractivity contribution in [2.45, 2.75) is 0 Å². The predicted molar refractivity (Wildman–Crippen MR) is 68.5 cm³/mol. The fraction of sp³-hybridized carbons (Fsp3) is 0.0833. The van der Waals surface area contributed by atoms with Gasteiger partial charge in [-0.25, -0.2) is 4.39 Å². The number of rotatable bonds is 3. The van der Waals surface area contributed by atoms with Crippen LogP contribution in [0, 0.1) is 5.82 Å². The molecule has 3 nitrogen and oxygen atoms in total. The van der Waals surface area contributed by atoms with Crippen LogP contribution in [0.25, 0.3) is 0 Å². The first-order valence-electron chi connectivity index (χ1n) is 5.03. The summed E-state index contributed by atoms with van der Waals surface area (Å²) in [6.45, 7) is 0. The molecule has 1 heterocycles. The van der Waals surface area contributed by atoms with Crippen LogP contribution in [0.3, 0.4) is 0 Å². The Bertz CT molecular complexity index is 511. The molecule has 1 aromatic heterocycles. The molecule has 0 radical (unpaired) electrons. The van der Waals surface area contributed by atoms with E-state index in [4.69, 9.17) is 11.6 Å². The highest BCUT2D eigenvalue weighted by Crippen LogP contribution is 2.22. The van der Waals surface area contributed by atoms with E-state index in [9.17, 15) is 4.39 Å². The number of pyridine rings is 1. The van der Waals surface area contributed by atoms with Crippen LogP contribution in [0.4, 0.5) is 21.5 Å². The molecular weight excluding hydrogens is 241 g/mol. The molecule has 0 bridgehead atoms. The number of nitrogens with zero attached hydrogens (tertiary/aromatic N) is 1. The van der Waals surface area contributed by atoms with Crippen molar-refractivity contribution in [2.24, 2.45) is 0 Å². The molecule has 0 spiro atoms. The van der Waals surface area contributed by atoms with Crippen molar-refractivity contribution in [1.82, 2.24) is 4.98 Å². The number of anilines is 3. The Morgan fingerprint density at radius 2 is 1.82 bits per heavy atom. The largest absolute Gasteiger partial charge is 0.387 e. The van der Waals surface area contributed by atoms with Crippen LogP contribution in [-0.4, -0.2) is 12.0 Å². The van der Waals surface area contributed by atoms with Crippen LogP contribution in [-0.2, 0) is 0 Å². The first-order valence-corrected chi connectivity index (χ1v) is 5.41. The fourth-order valence-corrected chi connectivity index (χ4v) is 1.66. The molecule has 88 valence electrons. The number of halogens is 2. The molecule has 0 amide bonds. The second-order valence-electron chi connectivity index (χ2n) is 3.50. The molecule has 1 aromatic carbocycles. The average Bonchev–Trinajstić information content (AvgIpc) is 2.28. The number of hydrogen-bond donors (Lipinski definition) is 2. The summed E-state index contributed by atoms with van der Waals surface area (Å²) in [5, 5.41) is 6.36. The zero-order valence-electron chi connectivity index (χ0n) is 9.17. The second kappa shape index (κ2) is 5.01. The van der Waals surface area contributed by atoms with E-state index in [1.165, 1.54) is 12.1 Å². The van der Waals surface area contributed by atoms with Crippen molar-refractivity contribution in [3.05, 3.63) is 47.5 Å². The molecule has 5 heteroatoms. The third kappa shape index (κ3) is 3.07. The molecule has 0 saturated carbocycles. The summed E-state index contributed by atoms with van der Waals surface area (Å²) in [6, 6.07) is 6.15. The van der Waals surface area contributed by atoms with E-state index in [-0.39, 0.29) is 5.82 Å². The topological polar surface area (TPSA) is 37.0 Å². The van der Waals surface area contributed by atoms with Gasteiger partial charge in [0.25, 0.3) is 0 Å². The minimum Gasteiger partial charge on any atom is -0.387 e. The van der Waals surface area contributed by atoms with Gasteiger partial charge in [0.2, 0.25) is 0 Å². The summed E-state index contributed by atoms with van der Waals surface area (Å²) in [5.41, 5.74) is 2.22. The minimum atomic E-state index is -0.377. The van der Waals surface area contributed by atoms with E-state index in [1.54, 1.807) is 25.5 Å². The van der Waals surface area contributed by atoms with Crippen molar-refractivity contribution in [2.75, 3.05) is 17.7 Å². The van der Waals surface area contributed by atoms with Crippen LogP contribution < -0.4 is 10.6 Å². The van der Waals surface area contributed by atoms with Crippen LogP contribution in [0.5, 0.6) is 0 Å². The van der Waals surface area contributed by atoms with E-state index in [0.717, 1.165) is 11.4 Å². The monoisotopic (exact) mass is 251 g/mol. The van der Waals surface area contributed by atoms with E-state index >= 15 is 0 Å². The SMILES string of the molecule is CNc1cncc(Nc2cc(F)cc(Cl)c2)c1. The van der Waals surface area contributed by atoms with Gasteiger partial charge >= 0.3 is 0 Å². The maximum Gasteiger partial charge on any atom is 0.126 e. The van der Waals surface area contributed by atoms with Crippen LogP contribution in [0.15, 0.2) is 36.7 Å². The molecule has 0 saturated heterocycles. The number of benzene rings is 1. The Morgan fingerprint density at radius 3 is 2.53 bits per heavy atom. The van der Waals surface area contributed by atoms with Crippen LogP contribution in [0.2, 0.25) is 5.02 Å². The van der Waals surface area contributed by atoms with E-state index in [1.807, 2.05) is 6.07 Å². The second-order valence-corrected chi connectivity index (χ2v) is 3.93. The highest BCUT2D eigenvalue weighted by atomic mass is 35.5. The van der Waals surface area contributed by atoms with Crippen molar-refractivity contribution in [1.29, 1.82) is 0 Å². The standard InChI is InChI=1S/C12H11ClFN3/c1-15-11-5-12(7-16-6-11)17-10-3-8(13)2-9(14)4-10/h2-7,15,17H,1H3. The summed E-state index contributed by atoms with van der Waals surface area (Å²) in [6.07, 6.45) is 3.35. The molecule has 2 rings (SSSR count). The van der Waals surface area contributed by atoms with Crippen molar-refractivity contribution in [3.8, 4) is 0 Å². The molecule has 0 aliphatic rings.